The summed E-state index contributed by atoms with van der Waals surface area (Å²) in [5, 5.41) is 4.01. The number of halogens is 2. The van der Waals surface area contributed by atoms with Crippen molar-refractivity contribution in [3.8, 4) is 0 Å². The molecule has 158 valence electrons. The average Bonchev–Trinajstić information content (AvgIpc) is 3.12. The third-order valence-electron chi connectivity index (χ3n) is 5.23. The number of para-hydroxylation sites is 1. The number of fused-ring (bicyclic) bond motifs is 2. The molecule has 0 spiro atoms. The fraction of sp³-hybridized carbons (Fsp3) is 0.250. The van der Waals surface area contributed by atoms with Crippen molar-refractivity contribution < 1.29 is 4.79 Å². The number of rotatable bonds is 6. The Balaban J connectivity index is 0.00000160. The summed E-state index contributed by atoms with van der Waals surface area (Å²) < 4.78 is 0. The van der Waals surface area contributed by atoms with Crippen LogP contribution >= 0.6 is 24.8 Å². The Morgan fingerprint density at radius 2 is 1.73 bits per heavy atom. The maximum Gasteiger partial charge on any atom is 0.252 e. The van der Waals surface area contributed by atoms with Crippen LogP contribution in [0.2, 0.25) is 0 Å². The lowest BCUT2D eigenvalue weighted by Gasteiger charge is -2.13. The molecule has 0 aliphatic heterocycles. The highest BCUT2D eigenvalue weighted by Crippen LogP contribution is 2.37. The zero-order chi connectivity index (χ0) is 19.3. The van der Waals surface area contributed by atoms with Crippen LogP contribution in [0.3, 0.4) is 0 Å². The summed E-state index contributed by atoms with van der Waals surface area (Å²) in [5.41, 5.74) is 11.6. The van der Waals surface area contributed by atoms with E-state index in [4.69, 9.17) is 10.7 Å². The fourth-order valence-corrected chi connectivity index (χ4v) is 3.85. The maximum absolute atomic E-state index is 13.1. The number of allylic oxidation sites excluding steroid dienone is 1. The van der Waals surface area contributed by atoms with Gasteiger partial charge in [0.2, 0.25) is 0 Å². The summed E-state index contributed by atoms with van der Waals surface area (Å²) in [6, 6.07) is 18.2. The molecule has 0 atom stereocenters. The molecule has 0 fully saturated rings. The first-order valence-electron chi connectivity index (χ1n) is 9.94. The molecule has 1 aliphatic rings. The minimum atomic E-state index is -0.00664. The fourth-order valence-electron chi connectivity index (χ4n) is 3.85. The van der Waals surface area contributed by atoms with Gasteiger partial charge in [0, 0.05) is 11.9 Å². The second-order valence-corrected chi connectivity index (χ2v) is 7.16. The van der Waals surface area contributed by atoms with Crippen LogP contribution in [0.15, 0.2) is 54.6 Å². The van der Waals surface area contributed by atoms with Gasteiger partial charge in [-0.25, -0.2) is 4.98 Å². The standard InChI is InChI=1S/C24H25N3O.2ClH/c25-14-6-7-15-26-24(28)22-19-10-4-5-11-21(19)27-23-18(12-13-20(22)23)16-17-8-2-1-3-9-17;;/h1-5,8-11,16H,6-7,12-15,25H2,(H,26,28);2*1H/b18-16-;;. The molecule has 2 aromatic carbocycles. The normalized spacial score (nSPS) is 13.4. The van der Waals surface area contributed by atoms with Crippen molar-refractivity contribution in [3.05, 3.63) is 77.0 Å². The van der Waals surface area contributed by atoms with Gasteiger partial charge in [0.05, 0.1) is 16.8 Å². The Kier molecular flexibility index (Phi) is 8.85. The predicted octanol–water partition coefficient (Wildman–Crippen LogP) is 5.03. The number of aromatic nitrogens is 1. The summed E-state index contributed by atoms with van der Waals surface area (Å²) in [6.07, 6.45) is 5.75. The van der Waals surface area contributed by atoms with Crippen LogP contribution in [-0.4, -0.2) is 24.0 Å². The highest BCUT2D eigenvalue weighted by molar-refractivity contribution is 6.09. The molecule has 0 saturated carbocycles. The molecule has 6 heteroatoms. The van der Waals surface area contributed by atoms with Crippen molar-refractivity contribution in [2.45, 2.75) is 25.7 Å². The van der Waals surface area contributed by atoms with E-state index in [1.54, 1.807) is 0 Å². The smallest absolute Gasteiger partial charge is 0.252 e. The molecule has 3 N–H and O–H groups in total. The third kappa shape index (κ3) is 5.01. The van der Waals surface area contributed by atoms with E-state index < -0.39 is 0 Å². The second kappa shape index (κ2) is 11.1. The molecule has 4 nitrogen and oxygen atoms in total. The number of amides is 1. The van der Waals surface area contributed by atoms with Crippen LogP contribution < -0.4 is 11.1 Å². The number of pyridine rings is 1. The molecule has 1 aliphatic carbocycles. The average molecular weight is 444 g/mol. The summed E-state index contributed by atoms with van der Waals surface area (Å²) in [6.45, 7) is 1.30. The van der Waals surface area contributed by atoms with E-state index in [2.05, 4.69) is 23.5 Å². The van der Waals surface area contributed by atoms with Gasteiger partial charge in [-0.1, -0.05) is 48.5 Å². The van der Waals surface area contributed by atoms with Crippen molar-refractivity contribution in [2.75, 3.05) is 13.1 Å². The molecule has 0 bridgehead atoms. The lowest BCUT2D eigenvalue weighted by Crippen LogP contribution is -2.26. The van der Waals surface area contributed by atoms with Gasteiger partial charge in [-0.05, 0) is 61.1 Å². The van der Waals surface area contributed by atoms with Crippen molar-refractivity contribution >= 4 is 53.3 Å². The molecule has 1 aromatic heterocycles. The quantitative estimate of drug-likeness (QED) is 0.524. The lowest BCUT2D eigenvalue weighted by molar-refractivity contribution is 0.0954. The zero-order valence-electron chi connectivity index (χ0n) is 16.8. The van der Waals surface area contributed by atoms with Gasteiger partial charge < -0.3 is 11.1 Å². The van der Waals surface area contributed by atoms with Crippen molar-refractivity contribution in [2.24, 2.45) is 5.73 Å². The van der Waals surface area contributed by atoms with Crippen LogP contribution in [0.4, 0.5) is 0 Å². The van der Waals surface area contributed by atoms with Crippen LogP contribution in [0.1, 0.15) is 46.4 Å². The number of benzene rings is 2. The lowest BCUT2D eigenvalue weighted by atomic mass is 10.00. The maximum atomic E-state index is 13.1. The molecule has 30 heavy (non-hydrogen) atoms. The van der Waals surface area contributed by atoms with E-state index >= 15 is 0 Å². The molecular weight excluding hydrogens is 417 g/mol. The second-order valence-electron chi connectivity index (χ2n) is 7.16. The van der Waals surface area contributed by atoms with Gasteiger partial charge in [0.15, 0.2) is 0 Å². The van der Waals surface area contributed by atoms with Crippen molar-refractivity contribution in [1.82, 2.24) is 10.3 Å². The number of carbonyl (C=O) groups excluding carboxylic acids is 1. The van der Waals surface area contributed by atoms with Gasteiger partial charge >= 0.3 is 0 Å². The zero-order valence-corrected chi connectivity index (χ0v) is 18.4. The number of nitrogens with one attached hydrogen (secondary N) is 1. The van der Waals surface area contributed by atoms with E-state index in [1.165, 1.54) is 5.57 Å². The Labute approximate surface area is 189 Å². The highest BCUT2D eigenvalue weighted by atomic mass is 35.5. The SMILES string of the molecule is Cl.Cl.NCCCCNC(=O)c1c2c(nc3ccccc13)/C(=C\c1ccccc1)CC2. The van der Waals surface area contributed by atoms with Crippen LogP contribution in [0.25, 0.3) is 22.6 Å². The minimum absolute atomic E-state index is 0. The first-order chi connectivity index (χ1) is 13.8. The largest absolute Gasteiger partial charge is 0.352 e. The van der Waals surface area contributed by atoms with Gasteiger partial charge in [-0.3, -0.25) is 4.79 Å². The molecule has 4 rings (SSSR count). The van der Waals surface area contributed by atoms with E-state index in [0.29, 0.717) is 13.1 Å². The monoisotopic (exact) mass is 443 g/mol. The number of hydrogen-bond acceptors (Lipinski definition) is 3. The summed E-state index contributed by atoms with van der Waals surface area (Å²) in [7, 11) is 0. The van der Waals surface area contributed by atoms with Crippen LogP contribution in [-0.2, 0) is 6.42 Å². The summed E-state index contributed by atoms with van der Waals surface area (Å²) in [4.78, 5) is 18.0. The Morgan fingerprint density at radius 1 is 1.00 bits per heavy atom. The Morgan fingerprint density at radius 3 is 2.50 bits per heavy atom. The van der Waals surface area contributed by atoms with Crippen LogP contribution in [0, 0.1) is 0 Å². The molecule has 0 radical (unpaired) electrons. The van der Waals surface area contributed by atoms with E-state index in [0.717, 1.165) is 59.0 Å². The molecule has 0 saturated heterocycles. The number of nitrogens with two attached hydrogens (primary N) is 1. The van der Waals surface area contributed by atoms with Gasteiger partial charge in [-0.2, -0.15) is 0 Å². The van der Waals surface area contributed by atoms with Crippen molar-refractivity contribution in [3.63, 3.8) is 0 Å². The predicted molar refractivity (Wildman–Crippen MR) is 129 cm³/mol. The first kappa shape index (κ1) is 23.9. The number of carbonyl (C=O) groups is 1. The number of hydrogen-bond donors (Lipinski definition) is 2. The van der Waals surface area contributed by atoms with E-state index in [-0.39, 0.29) is 30.7 Å². The van der Waals surface area contributed by atoms with E-state index in [9.17, 15) is 4.79 Å². The van der Waals surface area contributed by atoms with Gasteiger partial charge in [-0.15, -0.1) is 24.8 Å². The third-order valence-corrected chi connectivity index (χ3v) is 5.23. The van der Waals surface area contributed by atoms with Crippen LogP contribution in [0.5, 0.6) is 0 Å². The molecule has 0 unspecified atom stereocenters. The molecule has 1 amide bonds. The topological polar surface area (TPSA) is 68.0 Å². The number of unbranched alkanes of at least 4 members (excludes halogenated alkanes) is 1. The molecule has 3 aromatic rings. The summed E-state index contributed by atoms with van der Waals surface area (Å²) >= 11 is 0. The summed E-state index contributed by atoms with van der Waals surface area (Å²) in [5.74, 6) is -0.00664. The highest BCUT2D eigenvalue weighted by Gasteiger charge is 2.26. The van der Waals surface area contributed by atoms with Gasteiger partial charge in [0.1, 0.15) is 0 Å². The number of nitrogens with zero attached hydrogens (tertiary/aromatic N) is 1. The minimum Gasteiger partial charge on any atom is -0.352 e. The Hall–Kier alpha value is -2.40. The van der Waals surface area contributed by atoms with Gasteiger partial charge in [0.25, 0.3) is 5.91 Å². The molecular formula is C24H27Cl2N3O. The van der Waals surface area contributed by atoms with Crippen molar-refractivity contribution in [1.29, 1.82) is 0 Å². The molecule has 1 heterocycles. The first-order valence-corrected chi connectivity index (χ1v) is 9.94. The van der Waals surface area contributed by atoms with E-state index in [1.807, 2.05) is 42.5 Å². The Bertz CT molecular complexity index is 1040.